The molecule has 2 heterocycles. The van der Waals surface area contributed by atoms with Gasteiger partial charge in [-0.05, 0) is 37.2 Å². The predicted octanol–water partition coefficient (Wildman–Crippen LogP) is 2.77. The predicted molar refractivity (Wildman–Crippen MR) is 79.5 cm³/mol. The number of aryl methyl sites for hydroxylation is 1. The topological polar surface area (TPSA) is 49.8 Å². The highest BCUT2D eigenvalue weighted by Crippen LogP contribution is 2.24. The lowest BCUT2D eigenvalue weighted by atomic mass is 10.1. The Kier molecular flexibility index (Phi) is 5.11. The first-order chi connectivity index (χ1) is 8.79. The van der Waals surface area contributed by atoms with Crippen molar-refractivity contribution in [2.75, 3.05) is 35.2 Å². The molecule has 18 heavy (non-hydrogen) atoms. The number of nitrogens with one attached hydrogen (secondary N) is 2. The summed E-state index contributed by atoms with van der Waals surface area (Å²) < 4.78 is 0. The lowest BCUT2D eigenvalue weighted by Crippen LogP contribution is -2.16. The van der Waals surface area contributed by atoms with Gasteiger partial charge in [0.1, 0.15) is 5.82 Å². The van der Waals surface area contributed by atoms with Crippen LogP contribution in [-0.2, 0) is 0 Å². The molecule has 0 saturated carbocycles. The molecule has 0 radical (unpaired) electrons. The fraction of sp³-hybridized carbons (Fsp3) is 0.692. The van der Waals surface area contributed by atoms with E-state index in [0.717, 1.165) is 42.8 Å². The highest BCUT2D eigenvalue weighted by molar-refractivity contribution is 7.99. The zero-order chi connectivity index (χ0) is 12.8. The molecule has 1 aliphatic heterocycles. The standard InChI is InChI=1S/C13H22N4S/c1-3-5-14-13-16-7-10(2)12(17-13)15-8-11-4-6-18-9-11/h7,11H,3-6,8-9H2,1-2H3,(H2,14,15,16,17). The molecule has 2 N–H and O–H groups in total. The van der Waals surface area contributed by atoms with Crippen LogP contribution in [0, 0.1) is 12.8 Å². The fourth-order valence-electron chi connectivity index (χ4n) is 1.93. The van der Waals surface area contributed by atoms with Gasteiger partial charge in [0, 0.05) is 24.8 Å². The third-order valence-electron chi connectivity index (χ3n) is 3.09. The second kappa shape index (κ2) is 6.83. The number of rotatable bonds is 6. The summed E-state index contributed by atoms with van der Waals surface area (Å²) in [6.45, 7) is 6.13. The van der Waals surface area contributed by atoms with Crippen molar-refractivity contribution in [1.82, 2.24) is 9.97 Å². The molecule has 0 aromatic carbocycles. The smallest absolute Gasteiger partial charge is 0.224 e. The molecule has 0 amide bonds. The van der Waals surface area contributed by atoms with Crippen molar-refractivity contribution in [3.8, 4) is 0 Å². The molecule has 0 aliphatic carbocycles. The summed E-state index contributed by atoms with van der Waals surface area (Å²) in [4.78, 5) is 8.82. The van der Waals surface area contributed by atoms with Gasteiger partial charge in [0.15, 0.2) is 0 Å². The molecule has 2 rings (SSSR count). The molecule has 0 bridgehead atoms. The SMILES string of the molecule is CCCNc1ncc(C)c(NCC2CCSC2)n1. The first-order valence-electron chi connectivity index (χ1n) is 6.68. The Bertz CT molecular complexity index is 377. The molecule has 1 aromatic rings. The maximum Gasteiger partial charge on any atom is 0.224 e. The Morgan fingerprint density at radius 3 is 3.06 bits per heavy atom. The van der Waals surface area contributed by atoms with E-state index >= 15 is 0 Å². The summed E-state index contributed by atoms with van der Waals surface area (Å²) in [5, 5.41) is 6.69. The molecule has 100 valence electrons. The van der Waals surface area contributed by atoms with E-state index < -0.39 is 0 Å². The van der Waals surface area contributed by atoms with Gasteiger partial charge in [0.2, 0.25) is 5.95 Å². The van der Waals surface area contributed by atoms with Gasteiger partial charge >= 0.3 is 0 Å². The lowest BCUT2D eigenvalue weighted by molar-refractivity contribution is 0.630. The van der Waals surface area contributed by atoms with Gasteiger partial charge < -0.3 is 10.6 Å². The minimum absolute atomic E-state index is 0.728. The fourth-order valence-corrected chi connectivity index (χ4v) is 3.21. The molecule has 0 spiro atoms. The summed E-state index contributed by atoms with van der Waals surface area (Å²) in [6, 6.07) is 0. The van der Waals surface area contributed by atoms with Crippen molar-refractivity contribution >= 4 is 23.5 Å². The first-order valence-corrected chi connectivity index (χ1v) is 7.84. The van der Waals surface area contributed by atoms with Gasteiger partial charge in [0.05, 0.1) is 0 Å². The zero-order valence-corrected chi connectivity index (χ0v) is 12.0. The van der Waals surface area contributed by atoms with Crippen LogP contribution in [0.2, 0.25) is 0 Å². The largest absolute Gasteiger partial charge is 0.369 e. The van der Waals surface area contributed by atoms with Crippen molar-refractivity contribution in [2.45, 2.75) is 26.7 Å². The zero-order valence-electron chi connectivity index (χ0n) is 11.2. The summed E-state index contributed by atoms with van der Waals surface area (Å²) in [6.07, 6.45) is 4.29. The van der Waals surface area contributed by atoms with E-state index in [1.165, 1.54) is 17.9 Å². The molecule has 1 atom stereocenters. The number of aromatic nitrogens is 2. The first kappa shape index (κ1) is 13.5. The summed E-state index contributed by atoms with van der Waals surface area (Å²) in [5.74, 6) is 5.07. The van der Waals surface area contributed by atoms with E-state index in [2.05, 4.69) is 46.2 Å². The van der Waals surface area contributed by atoms with Crippen LogP contribution >= 0.6 is 11.8 Å². The number of nitrogens with zero attached hydrogens (tertiary/aromatic N) is 2. The lowest BCUT2D eigenvalue weighted by Gasteiger charge is -2.13. The van der Waals surface area contributed by atoms with Crippen LogP contribution < -0.4 is 10.6 Å². The molecule has 4 nitrogen and oxygen atoms in total. The molecule has 1 aliphatic rings. The number of thioether (sulfide) groups is 1. The van der Waals surface area contributed by atoms with Gasteiger partial charge in [-0.15, -0.1) is 0 Å². The van der Waals surface area contributed by atoms with Gasteiger partial charge in [-0.1, -0.05) is 6.92 Å². The second-order valence-corrected chi connectivity index (χ2v) is 5.91. The average molecular weight is 266 g/mol. The van der Waals surface area contributed by atoms with Crippen molar-refractivity contribution in [3.05, 3.63) is 11.8 Å². The third-order valence-corrected chi connectivity index (χ3v) is 4.32. The average Bonchev–Trinajstić information content (AvgIpc) is 2.89. The van der Waals surface area contributed by atoms with Crippen molar-refractivity contribution in [1.29, 1.82) is 0 Å². The molecule has 1 aromatic heterocycles. The van der Waals surface area contributed by atoms with Crippen LogP contribution in [-0.4, -0.2) is 34.6 Å². The Morgan fingerprint density at radius 1 is 1.44 bits per heavy atom. The molecular weight excluding hydrogens is 244 g/mol. The van der Waals surface area contributed by atoms with Gasteiger partial charge in [-0.25, -0.2) is 4.98 Å². The summed E-state index contributed by atoms with van der Waals surface area (Å²) in [7, 11) is 0. The molecule has 5 heteroatoms. The summed E-state index contributed by atoms with van der Waals surface area (Å²) >= 11 is 2.05. The summed E-state index contributed by atoms with van der Waals surface area (Å²) in [5.41, 5.74) is 1.11. The van der Waals surface area contributed by atoms with E-state index in [0.29, 0.717) is 0 Å². The normalized spacial score (nSPS) is 18.9. The minimum Gasteiger partial charge on any atom is -0.369 e. The van der Waals surface area contributed by atoms with Crippen molar-refractivity contribution in [3.63, 3.8) is 0 Å². The molecular formula is C13H22N4S. The van der Waals surface area contributed by atoms with Crippen molar-refractivity contribution < 1.29 is 0 Å². The Hall–Kier alpha value is -0.970. The van der Waals surface area contributed by atoms with E-state index in [4.69, 9.17) is 0 Å². The van der Waals surface area contributed by atoms with E-state index in [1.807, 2.05) is 6.20 Å². The van der Waals surface area contributed by atoms with E-state index in [1.54, 1.807) is 0 Å². The monoisotopic (exact) mass is 266 g/mol. The van der Waals surface area contributed by atoms with Gasteiger partial charge in [-0.2, -0.15) is 16.7 Å². The Labute approximate surface area is 113 Å². The van der Waals surface area contributed by atoms with Crippen LogP contribution in [0.4, 0.5) is 11.8 Å². The van der Waals surface area contributed by atoms with Crippen molar-refractivity contribution in [2.24, 2.45) is 5.92 Å². The maximum atomic E-state index is 4.53. The van der Waals surface area contributed by atoms with Crippen LogP contribution in [0.15, 0.2) is 6.20 Å². The van der Waals surface area contributed by atoms with E-state index in [-0.39, 0.29) is 0 Å². The Morgan fingerprint density at radius 2 is 2.33 bits per heavy atom. The van der Waals surface area contributed by atoms with Gasteiger partial charge in [0.25, 0.3) is 0 Å². The molecule has 1 fully saturated rings. The second-order valence-electron chi connectivity index (χ2n) is 4.76. The van der Waals surface area contributed by atoms with E-state index in [9.17, 15) is 0 Å². The molecule has 1 saturated heterocycles. The number of hydrogen-bond donors (Lipinski definition) is 2. The Balaban J connectivity index is 1.92. The maximum absolute atomic E-state index is 4.53. The molecule has 1 unspecified atom stereocenters. The van der Waals surface area contributed by atoms with Gasteiger partial charge in [-0.3, -0.25) is 0 Å². The number of anilines is 2. The van der Waals surface area contributed by atoms with Crippen LogP contribution in [0.25, 0.3) is 0 Å². The highest BCUT2D eigenvalue weighted by Gasteiger charge is 2.15. The van der Waals surface area contributed by atoms with Crippen LogP contribution in [0.1, 0.15) is 25.3 Å². The van der Waals surface area contributed by atoms with Crippen LogP contribution in [0.5, 0.6) is 0 Å². The quantitative estimate of drug-likeness (QED) is 0.829. The third kappa shape index (κ3) is 3.77. The number of hydrogen-bond acceptors (Lipinski definition) is 5. The van der Waals surface area contributed by atoms with Crippen LogP contribution in [0.3, 0.4) is 0 Å². The minimum atomic E-state index is 0.728. The highest BCUT2D eigenvalue weighted by atomic mass is 32.2.